The standard InChI is InChI=1S/C18H19ClN4OS/c1-25-10-9-16(17-21-14-7-2-3-8-15(14)22-17)23-18(24)20-13-6-4-5-12(19)11-13/h2-8,11,16H,9-10H2,1H3,(H,21,22)(H2,20,23,24)/t16-/m0/s1. The zero-order valence-corrected chi connectivity index (χ0v) is 15.3. The summed E-state index contributed by atoms with van der Waals surface area (Å²) in [6.45, 7) is 0. The summed E-state index contributed by atoms with van der Waals surface area (Å²) in [6, 6.07) is 14.4. The molecule has 0 aliphatic carbocycles. The van der Waals surface area contributed by atoms with Gasteiger partial charge in [0.25, 0.3) is 0 Å². The first-order valence-corrected chi connectivity index (χ1v) is 9.69. The third-order valence-electron chi connectivity index (χ3n) is 3.74. The summed E-state index contributed by atoms with van der Waals surface area (Å²) in [4.78, 5) is 20.3. The molecular formula is C18H19ClN4OS. The quantitative estimate of drug-likeness (QED) is 0.578. The van der Waals surface area contributed by atoms with Crippen molar-refractivity contribution in [3.8, 4) is 0 Å². The Balaban J connectivity index is 1.74. The Morgan fingerprint density at radius 1 is 1.28 bits per heavy atom. The van der Waals surface area contributed by atoms with Gasteiger partial charge in [0, 0.05) is 10.7 Å². The van der Waals surface area contributed by atoms with Gasteiger partial charge in [0.05, 0.1) is 17.1 Å². The van der Waals surface area contributed by atoms with E-state index in [2.05, 4.69) is 20.6 Å². The van der Waals surface area contributed by atoms with Crippen molar-refractivity contribution in [2.75, 3.05) is 17.3 Å². The van der Waals surface area contributed by atoms with Crippen LogP contribution in [0.4, 0.5) is 10.5 Å². The summed E-state index contributed by atoms with van der Waals surface area (Å²) >= 11 is 7.69. The highest BCUT2D eigenvalue weighted by molar-refractivity contribution is 7.98. The zero-order chi connectivity index (χ0) is 17.6. The molecule has 0 aliphatic rings. The summed E-state index contributed by atoms with van der Waals surface area (Å²) in [5.41, 5.74) is 2.51. The van der Waals surface area contributed by atoms with Gasteiger partial charge in [0.1, 0.15) is 5.82 Å². The number of nitrogens with zero attached hydrogens (tertiary/aromatic N) is 1. The Kier molecular flexibility index (Phi) is 5.83. The van der Waals surface area contributed by atoms with Gasteiger partial charge in [-0.3, -0.25) is 0 Å². The first kappa shape index (κ1) is 17.6. The van der Waals surface area contributed by atoms with Crippen molar-refractivity contribution in [3.63, 3.8) is 0 Å². The Labute approximate surface area is 155 Å². The fourth-order valence-corrected chi connectivity index (χ4v) is 3.20. The Morgan fingerprint density at radius 2 is 2.12 bits per heavy atom. The Morgan fingerprint density at radius 3 is 2.88 bits per heavy atom. The number of para-hydroxylation sites is 2. The van der Waals surface area contributed by atoms with E-state index in [1.807, 2.05) is 30.5 Å². The van der Waals surface area contributed by atoms with E-state index in [-0.39, 0.29) is 12.1 Å². The molecule has 7 heteroatoms. The second-order valence-electron chi connectivity index (χ2n) is 5.58. The van der Waals surface area contributed by atoms with Crippen LogP contribution in [0.5, 0.6) is 0 Å². The molecular weight excluding hydrogens is 356 g/mol. The minimum absolute atomic E-state index is 0.195. The van der Waals surface area contributed by atoms with Gasteiger partial charge < -0.3 is 15.6 Å². The van der Waals surface area contributed by atoms with Crippen LogP contribution in [-0.2, 0) is 0 Å². The number of halogens is 1. The van der Waals surface area contributed by atoms with Gasteiger partial charge in [-0.1, -0.05) is 29.8 Å². The third kappa shape index (κ3) is 4.67. The van der Waals surface area contributed by atoms with Crippen molar-refractivity contribution in [1.29, 1.82) is 0 Å². The van der Waals surface area contributed by atoms with Crippen molar-refractivity contribution in [1.82, 2.24) is 15.3 Å². The van der Waals surface area contributed by atoms with Crippen LogP contribution >= 0.6 is 23.4 Å². The molecule has 1 atom stereocenters. The molecule has 0 saturated carbocycles. The van der Waals surface area contributed by atoms with Crippen LogP contribution in [0.2, 0.25) is 5.02 Å². The van der Waals surface area contributed by atoms with Crippen molar-refractivity contribution in [2.45, 2.75) is 12.5 Å². The number of anilines is 1. The maximum absolute atomic E-state index is 12.4. The fourth-order valence-electron chi connectivity index (χ4n) is 2.54. The van der Waals surface area contributed by atoms with Crippen LogP contribution in [0.1, 0.15) is 18.3 Å². The number of amides is 2. The van der Waals surface area contributed by atoms with Crippen molar-refractivity contribution >= 4 is 46.1 Å². The van der Waals surface area contributed by atoms with E-state index >= 15 is 0 Å². The summed E-state index contributed by atoms with van der Waals surface area (Å²) in [5, 5.41) is 6.38. The molecule has 3 rings (SSSR count). The molecule has 3 aromatic rings. The topological polar surface area (TPSA) is 69.8 Å². The molecule has 130 valence electrons. The highest BCUT2D eigenvalue weighted by Crippen LogP contribution is 2.21. The SMILES string of the molecule is CSCC[C@H](NC(=O)Nc1cccc(Cl)c1)c1nc2ccccc2[nH]1. The molecule has 1 aromatic heterocycles. The number of hydrogen-bond donors (Lipinski definition) is 3. The van der Waals surface area contributed by atoms with Crippen LogP contribution in [0.3, 0.4) is 0 Å². The molecule has 0 saturated heterocycles. The van der Waals surface area contributed by atoms with E-state index in [0.717, 1.165) is 29.0 Å². The molecule has 25 heavy (non-hydrogen) atoms. The largest absolute Gasteiger partial charge is 0.340 e. The lowest BCUT2D eigenvalue weighted by Gasteiger charge is -2.17. The maximum atomic E-state index is 12.4. The van der Waals surface area contributed by atoms with Gasteiger partial charge in [-0.25, -0.2) is 9.78 Å². The lowest BCUT2D eigenvalue weighted by molar-refractivity contribution is 0.248. The highest BCUT2D eigenvalue weighted by atomic mass is 35.5. The number of rotatable bonds is 6. The van der Waals surface area contributed by atoms with Gasteiger partial charge in [-0.05, 0) is 48.8 Å². The molecule has 3 N–H and O–H groups in total. The number of imidazole rings is 1. The van der Waals surface area contributed by atoms with Gasteiger partial charge >= 0.3 is 6.03 Å². The molecule has 0 bridgehead atoms. The normalized spacial score (nSPS) is 12.1. The minimum atomic E-state index is -0.283. The van der Waals surface area contributed by atoms with Gasteiger partial charge in [0.15, 0.2) is 0 Å². The molecule has 0 radical (unpaired) electrons. The predicted molar refractivity (Wildman–Crippen MR) is 105 cm³/mol. The van der Waals surface area contributed by atoms with E-state index in [4.69, 9.17) is 11.6 Å². The maximum Gasteiger partial charge on any atom is 0.319 e. The molecule has 1 heterocycles. The van der Waals surface area contributed by atoms with Crippen LogP contribution < -0.4 is 10.6 Å². The molecule has 2 amide bonds. The van der Waals surface area contributed by atoms with Crippen LogP contribution in [-0.4, -0.2) is 28.0 Å². The number of nitrogens with one attached hydrogen (secondary N) is 3. The number of fused-ring (bicyclic) bond motifs is 1. The molecule has 0 fully saturated rings. The highest BCUT2D eigenvalue weighted by Gasteiger charge is 2.18. The summed E-state index contributed by atoms with van der Waals surface area (Å²) in [5.74, 6) is 1.68. The van der Waals surface area contributed by atoms with Crippen LogP contribution in [0, 0.1) is 0 Å². The summed E-state index contributed by atoms with van der Waals surface area (Å²) in [7, 11) is 0. The third-order valence-corrected chi connectivity index (χ3v) is 4.62. The first-order chi connectivity index (χ1) is 12.2. The van der Waals surface area contributed by atoms with Crippen molar-refractivity contribution < 1.29 is 4.79 Å². The summed E-state index contributed by atoms with van der Waals surface area (Å²) < 4.78 is 0. The predicted octanol–water partition coefficient (Wildman–Crippen LogP) is 4.83. The number of carbonyl (C=O) groups is 1. The number of aromatic amines is 1. The first-order valence-electron chi connectivity index (χ1n) is 7.92. The molecule has 0 spiro atoms. The lowest BCUT2D eigenvalue weighted by atomic mass is 10.2. The second kappa shape index (κ2) is 8.27. The Hall–Kier alpha value is -2.18. The van der Waals surface area contributed by atoms with E-state index in [9.17, 15) is 4.79 Å². The van der Waals surface area contributed by atoms with Gasteiger partial charge in [0.2, 0.25) is 0 Å². The van der Waals surface area contributed by atoms with Crippen molar-refractivity contribution in [3.05, 3.63) is 59.4 Å². The van der Waals surface area contributed by atoms with E-state index in [0.29, 0.717) is 10.7 Å². The van der Waals surface area contributed by atoms with E-state index < -0.39 is 0 Å². The molecule has 0 aliphatic heterocycles. The van der Waals surface area contributed by atoms with E-state index in [1.54, 1.807) is 36.0 Å². The van der Waals surface area contributed by atoms with Crippen LogP contribution in [0.15, 0.2) is 48.5 Å². The number of hydrogen-bond acceptors (Lipinski definition) is 3. The molecule has 2 aromatic carbocycles. The number of thioether (sulfide) groups is 1. The summed E-state index contributed by atoms with van der Waals surface area (Å²) in [6.07, 6.45) is 2.83. The smallest absolute Gasteiger partial charge is 0.319 e. The van der Waals surface area contributed by atoms with Gasteiger partial charge in [-0.15, -0.1) is 0 Å². The number of carbonyl (C=O) groups excluding carboxylic acids is 1. The Bertz CT molecular complexity index is 834. The second-order valence-corrected chi connectivity index (χ2v) is 7.00. The number of H-pyrrole nitrogens is 1. The average Bonchev–Trinajstić information content (AvgIpc) is 3.02. The number of aromatic nitrogens is 2. The minimum Gasteiger partial charge on any atom is -0.340 e. The monoisotopic (exact) mass is 374 g/mol. The van der Waals surface area contributed by atoms with E-state index in [1.165, 1.54) is 0 Å². The zero-order valence-electron chi connectivity index (χ0n) is 13.8. The average molecular weight is 375 g/mol. The number of urea groups is 1. The lowest BCUT2D eigenvalue weighted by Crippen LogP contribution is -2.33. The number of benzene rings is 2. The fraction of sp³-hybridized carbons (Fsp3) is 0.222. The molecule has 5 nitrogen and oxygen atoms in total. The van der Waals surface area contributed by atoms with Gasteiger partial charge in [-0.2, -0.15) is 11.8 Å². The van der Waals surface area contributed by atoms with Crippen LogP contribution in [0.25, 0.3) is 11.0 Å². The molecule has 0 unspecified atom stereocenters. The van der Waals surface area contributed by atoms with Crippen molar-refractivity contribution in [2.24, 2.45) is 0 Å².